The molecule has 3 aliphatic heterocycles. The third-order valence-electron chi connectivity index (χ3n) is 7.44. The van der Waals surface area contributed by atoms with Crippen molar-refractivity contribution in [2.24, 2.45) is 0 Å². The standard InChI is InChI=1S/C26H33NO7/c1-16-17(5-6-21(28)27-11-9-26(10-12-27)31-13-14-32-26)24(29)33-23-18-7-8-25(2,3)34-19(18)15-20(30-4)22(16)23/h15H,5-14H2,1-4H3. The SMILES string of the molecule is COc1cc2c(c3oc(=O)c(CCC(=O)N4CCC5(CC4)OCCO5)c(C)c13)CCC(C)(C)O2. The van der Waals surface area contributed by atoms with Crippen molar-refractivity contribution in [3.8, 4) is 11.5 Å². The second-order valence-electron chi connectivity index (χ2n) is 10.1. The number of rotatable bonds is 4. The van der Waals surface area contributed by atoms with E-state index < -0.39 is 11.4 Å². The van der Waals surface area contributed by atoms with Crippen LogP contribution in [0.4, 0.5) is 0 Å². The Balaban J connectivity index is 1.38. The quantitative estimate of drug-likeness (QED) is 0.631. The van der Waals surface area contributed by atoms with Crippen molar-refractivity contribution < 1.29 is 28.2 Å². The molecule has 0 bridgehead atoms. The summed E-state index contributed by atoms with van der Waals surface area (Å²) in [5.41, 5.74) is 2.06. The first-order chi connectivity index (χ1) is 16.2. The molecule has 5 rings (SSSR count). The maximum Gasteiger partial charge on any atom is 0.339 e. The number of likely N-dealkylation sites (tertiary alicyclic amines) is 1. The second kappa shape index (κ2) is 8.57. The van der Waals surface area contributed by atoms with Gasteiger partial charge in [0.25, 0.3) is 0 Å². The van der Waals surface area contributed by atoms with E-state index in [0.29, 0.717) is 68.2 Å². The smallest absolute Gasteiger partial charge is 0.339 e. The highest BCUT2D eigenvalue weighted by atomic mass is 16.7. The zero-order valence-electron chi connectivity index (χ0n) is 20.5. The molecule has 0 unspecified atom stereocenters. The molecule has 0 atom stereocenters. The van der Waals surface area contributed by atoms with Crippen molar-refractivity contribution in [2.45, 2.75) is 70.7 Å². The Kier molecular flexibility index (Phi) is 5.84. The first-order valence-corrected chi connectivity index (χ1v) is 12.1. The fraction of sp³-hybridized carbons (Fsp3) is 0.615. The van der Waals surface area contributed by atoms with Gasteiger partial charge in [0.15, 0.2) is 5.79 Å². The van der Waals surface area contributed by atoms with Gasteiger partial charge in [0, 0.05) is 49.5 Å². The average molecular weight is 472 g/mol. The van der Waals surface area contributed by atoms with Crippen LogP contribution < -0.4 is 15.1 Å². The molecule has 1 amide bonds. The summed E-state index contributed by atoms with van der Waals surface area (Å²) in [4.78, 5) is 27.8. The number of carbonyl (C=O) groups is 1. The Morgan fingerprint density at radius 1 is 1.15 bits per heavy atom. The Labute approximate surface area is 199 Å². The predicted molar refractivity (Wildman–Crippen MR) is 126 cm³/mol. The van der Waals surface area contributed by atoms with Gasteiger partial charge in [-0.15, -0.1) is 0 Å². The number of hydrogen-bond donors (Lipinski definition) is 0. The van der Waals surface area contributed by atoms with E-state index in [1.54, 1.807) is 7.11 Å². The molecule has 4 heterocycles. The van der Waals surface area contributed by atoms with E-state index >= 15 is 0 Å². The Hall–Kier alpha value is -2.58. The molecule has 2 fully saturated rings. The normalized spacial score (nSPS) is 20.9. The van der Waals surface area contributed by atoms with Crippen LogP contribution in [-0.2, 0) is 27.1 Å². The number of aryl methyl sites for hydroxylation is 2. The van der Waals surface area contributed by atoms with Gasteiger partial charge in [-0.3, -0.25) is 4.79 Å². The topological polar surface area (TPSA) is 87.4 Å². The Morgan fingerprint density at radius 3 is 2.53 bits per heavy atom. The van der Waals surface area contributed by atoms with Crippen LogP contribution in [0.1, 0.15) is 56.2 Å². The molecule has 3 aliphatic rings. The van der Waals surface area contributed by atoms with E-state index in [-0.39, 0.29) is 17.9 Å². The molecule has 0 N–H and O–H groups in total. The van der Waals surface area contributed by atoms with Gasteiger partial charge in [0.05, 0.1) is 25.7 Å². The molecule has 0 saturated carbocycles. The molecule has 8 nitrogen and oxygen atoms in total. The maximum absolute atomic E-state index is 13.0. The largest absolute Gasteiger partial charge is 0.496 e. The molecule has 1 aromatic carbocycles. The van der Waals surface area contributed by atoms with Crippen molar-refractivity contribution in [3.63, 3.8) is 0 Å². The molecule has 2 saturated heterocycles. The molecule has 8 heteroatoms. The van der Waals surface area contributed by atoms with E-state index in [1.807, 2.05) is 31.7 Å². The number of methoxy groups -OCH3 is 1. The first kappa shape index (κ1) is 23.2. The van der Waals surface area contributed by atoms with Gasteiger partial charge < -0.3 is 28.3 Å². The summed E-state index contributed by atoms with van der Waals surface area (Å²) in [6, 6.07) is 1.89. The lowest BCUT2D eigenvalue weighted by Gasteiger charge is -2.37. The van der Waals surface area contributed by atoms with Gasteiger partial charge in [-0.25, -0.2) is 4.79 Å². The predicted octanol–water partition coefficient (Wildman–Crippen LogP) is 3.51. The van der Waals surface area contributed by atoms with Crippen molar-refractivity contribution in [3.05, 3.63) is 33.2 Å². The molecule has 2 aromatic rings. The third-order valence-corrected chi connectivity index (χ3v) is 7.44. The zero-order chi connectivity index (χ0) is 24.1. The van der Waals surface area contributed by atoms with E-state index in [2.05, 4.69) is 0 Å². The number of amides is 1. The summed E-state index contributed by atoms with van der Waals surface area (Å²) in [5, 5.41) is 0.780. The second-order valence-corrected chi connectivity index (χ2v) is 10.1. The number of carbonyl (C=O) groups excluding carboxylic acids is 1. The summed E-state index contributed by atoms with van der Waals surface area (Å²) >= 11 is 0. The molecule has 0 aliphatic carbocycles. The van der Waals surface area contributed by atoms with Crippen LogP contribution in [-0.4, -0.2) is 55.6 Å². The molecule has 1 aromatic heterocycles. The molecule has 1 spiro atoms. The fourth-order valence-corrected chi connectivity index (χ4v) is 5.40. The van der Waals surface area contributed by atoms with Crippen LogP contribution in [0.5, 0.6) is 11.5 Å². The molecule has 0 radical (unpaired) electrons. The number of nitrogens with zero attached hydrogens (tertiary/aromatic N) is 1. The summed E-state index contributed by atoms with van der Waals surface area (Å²) in [5.74, 6) is 0.823. The van der Waals surface area contributed by atoms with Gasteiger partial charge in [-0.05, 0) is 45.6 Å². The van der Waals surface area contributed by atoms with E-state index in [0.717, 1.165) is 29.4 Å². The highest BCUT2D eigenvalue weighted by Gasteiger charge is 2.40. The van der Waals surface area contributed by atoms with Crippen molar-refractivity contribution in [1.82, 2.24) is 4.90 Å². The number of ether oxygens (including phenoxy) is 4. The van der Waals surface area contributed by atoms with Crippen molar-refractivity contribution in [2.75, 3.05) is 33.4 Å². The number of benzene rings is 1. The Bertz CT molecular complexity index is 1170. The first-order valence-electron chi connectivity index (χ1n) is 12.1. The van der Waals surface area contributed by atoms with Gasteiger partial charge in [0.1, 0.15) is 22.7 Å². The minimum Gasteiger partial charge on any atom is -0.496 e. The lowest BCUT2D eigenvalue weighted by Crippen LogP contribution is -2.47. The van der Waals surface area contributed by atoms with Gasteiger partial charge in [0.2, 0.25) is 5.91 Å². The molecular formula is C26H33NO7. The van der Waals surface area contributed by atoms with Crippen molar-refractivity contribution in [1.29, 1.82) is 0 Å². The molecular weight excluding hydrogens is 438 g/mol. The summed E-state index contributed by atoms with van der Waals surface area (Å²) in [7, 11) is 1.60. The van der Waals surface area contributed by atoms with Crippen LogP contribution in [0.3, 0.4) is 0 Å². The van der Waals surface area contributed by atoms with Crippen LogP contribution in [0.15, 0.2) is 15.3 Å². The number of hydrogen-bond acceptors (Lipinski definition) is 7. The number of piperidine rings is 1. The van der Waals surface area contributed by atoms with E-state index in [4.69, 9.17) is 23.4 Å². The van der Waals surface area contributed by atoms with E-state index in [1.165, 1.54) is 0 Å². The van der Waals surface area contributed by atoms with Crippen LogP contribution in [0.25, 0.3) is 11.0 Å². The average Bonchev–Trinajstić information content (AvgIpc) is 3.25. The summed E-state index contributed by atoms with van der Waals surface area (Å²) < 4.78 is 29.2. The minimum atomic E-state index is -0.512. The highest BCUT2D eigenvalue weighted by molar-refractivity contribution is 5.92. The monoisotopic (exact) mass is 471 g/mol. The van der Waals surface area contributed by atoms with Crippen molar-refractivity contribution >= 4 is 16.9 Å². The minimum absolute atomic E-state index is 0.0276. The van der Waals surface area contributed by atoms with Gasteiger partial charge in [-0.2, -0.15) is 0 Å². The fourth-order valence-electron chi connectivity index (χ4n) is 5.40. The third kappa shape index (κ3) is 4.07. The molecule has 184 valence electrons. The van der Waals surface area contributed by atoms with Gasteiger partial charge in [-0.1, -0.05) is 0 Å². The maximum atomic E-state index is 13.0. The lowest BCUT2D eigenvalue weighted by molar-refractivity contribution is -0.187. The van der Waals surface area contributed by atoms with Crippen LogP contribution >= 0.6 is 0 Å². The zero-order valence-corrected chi connectivity index (χ0v) is 20.5. The molecule has 34 heavy (non-hydrogen) atoms. The number of fused-ring (bicyclic) bond motifs is 3. The summed E-state index contributed by atoms with van der Waals surface area (Å²) in [6.45, 7) is 8.42. The Morgan fingerprint density at radius 2 is 1.85 bits per heavy atom. The van der Waals surface area contributed by atoms with Crippen LogP contribution in [0, 0.1) is 6.92 Å². The van der Waals surface area contributed by atoms with Crippen LogP contribution in [0.2, 0.25) is 0 Å². The van der Waals surface area contributed by atoms with Gasteiger partial charge >= 0.3 is 5.63 Å². The lowest BCUT2D eigenvalue weighted by atomic mass is 9.91. The highest BCUT2D eigenvalue weighted by Crippen LogP contribution is 2.43. The van der Waals surface area contributed by atoms with E-state index in [9.17, 15) is 9.59 Å². The summed E-state index contributed by atoms with van der Waals surface area (Å²) in [6.07, 6.45) is 3.51.